The quantitative estimate of drug-likeness (QED) is 0.526. The van der Waals surface area contributed by atoms with E-state index in [0.29, 0.717) is 23.2 Å². The molecule has 0 bridgehead atoms. The molecule has 0 saturated heterocycles. The fraction of sp³-hybridized carbons (Fsp3) is 0.273. The Kier molecular flexibility index (Phi) is 4.62. The van der Waals surface area contributed by atoms with E-state index in [1.54, 1.807) is 30.2 Å². The molecule has 0 fully saturated rings. The molecule has 0 aliphatic heterocycles. The molecular weight excluding hydrogens is 447 g/mol. The van der Waals surface area contributed by atoms with Crippen LogP contribution in [0.2, 0.25) is 0 Å². The molecule has 0 spiro atoms. The van der Waals surface area contributed by atoms with Crippen molar-refractivity contribution < 1.29 is 9.53 Å². The second-order valence-corrected chi connectivity index (χ2v) is 6.31. The number of aromatic nitrogens is 2. The average Bonchev–Trinajstić information content (AvgIpc) is 2.76. The lowest BCUT2D eigenvalue weighted by Gasteiger charge is -2.05. The van der Waals surface area contributed by atoms with E-state index in [1.807, 2.05) is 21.2 Å². The van der Waals surface area contributed by atoms with Gasteiger partial charge in [-0.1, -0.05) is 0 Å². The molecule has 0 amide bonds. The summed E-state index contributed by atoms with van der Waals surface area (Å²) in [6.07, 6.45) is 1.68. The number of esters is 1. The van der Waals surface area contributed by atoms with Crippen LogP contribution in [0.1, 0.15) is 17.4 Å². The van der Waals surface area contributed by atoms with Crippen molar-refractivity contribution in [3.63, 3.8) is 0 Å². The number of halogens is 2. The van der Waals surface area contributed by atoms with E-state index in [9.17, 15) is 9.59 Å². The highest BCUT2D eigenvalue weighted by atomic mass is 127. The standard InChI is InChI=1S/C11H10BrIN2O3S/c1-3-18-11(17)8-4-6-7(12)5-14(2)10(16)9(6)15(8)19-13/h4-5H,3H2,1-2H3. The Morgan fingerprint density at radius 2 is 2.26 bits per heavy atom. The molecule has 5 nitrogen and oxygen atoms in total. The zero-order valence-electron chi connectivity index (χ0n) is 10.1. The normalized spacial score (nSPS) is 10.9. The first kappa shape index (κ1) is 14.9. The van der Waals surface area contributed by atoms with Crippen molar-refractivity contribution in [2.75, 3.05) is 6.61 Å². The number of carbonyl (C=O) groups is 1. The third kappa shape index (κ3) is 2.57. The molecule has 8 heteroatoms. The monoisotopic (exact) mass is 456 g/mol. The fourth-order valence-corrected chi connectivity index (χ4v) is 4.05. The maximum absolute atomic E-state index is 12.2. The zero-order chi connectivity index (χ0) is 14.2. The van der Waals surface area contributed by atoms with Gasteiger partial charge < -0.3 is 9.30 Å². The summed E-state index contributed by atoms with van der Waals surface area (Å²) in [5, 5.41) is 0.704. The van der Waals surface area contributed by atoms with Crippen molar-refractivity contribution in [3.8, 4) is 0 Å². The van der Waals surface area contributed by atoms with E-state index in [1.165, 1.54) is 13.7 Å². The van der Waals surface area contributed by atoms with E-state index in [2.05, 4.69) is 15.9 Å². The summed E-state index contributed by atoms with van der Waals surface area (Å²) in [7, 11) is 2.94. The molecule has 102 valence electrons. The summed E-state index contributed by atoms with van der Waals surface area (Å²) in [6, 6.07) is 1.67. The summed E-state index contributed by atoms with van der Waals surface area (Å²) in [5.74, 6) is -0.434. The zero-order valence-corrected chi connectivity index (χ0v) is 14.7. The van der Waals surface area contributed by atoms with E-state index in [-0.39, 0.29) is 5.56 Å². The molecule has 0 N–H and O–H groups in total. The molecule has 0 aliphatic carbocycles. The first-order chi connectivity index (χ1) is 9.01. The Morgan fingerprint density at radius 1 is 1.58 bits per heavy atom. The van der Waals surface area contributed by atoms with Crippen molar-refractivity contribution in [3.05, 3.63) is 32.8 Å². The number of nitrogens with zero attached hydrogens (tertiary/aromatic N) is 2. The molecule has 0 aliphatic rings. The van der Waals surface area contributed by atoms with Crippen LogP contribution >= 0.6 is 46.3 Å². The summed E-state index contributed by atoms with van der Waals surface area (Å²) < 4.78 is 8.85. The van der Waals surface area contributed by atoms with E-state index < -0.39 is 5.97 Å². The lowest BCUT2D eigenvalue weighted by Crippen LogP contribution is -2.18. The Bertz CT molecular complexity index is 710. The molecule has 2 heterocycles. The fourth-order valence-electron chi connectivity index (χ4n) is 1.76. The van der Waals surface area contributed by atoms with Crippen molar-refractivity contribution in [2.45, 2.75) is 6.92 Å². The van der Waals surface area contributed by atoms with Gasteiger partial charge in [0.25, 0.3) is 5.56 Å². The van der Waals surface area contributed by atoms with Gasteiger partial charge in [0, 0.05) is 53.4 Å². The van der Waals surface area contributed by atoms with Gasteiger partial charge >= 0.3 is 5.97 Å². The van der Waals surface area contributed by atoms with Gasteiger partial charge in [-0.3, -0.25) is 8.77 Å². The molecule has 2 aromatic heterocycles. The second kappa shape index (κ2) is 5.88. The van der Waals surface area contributed by atoms with Crippen LogP contribution in [-0.2, 0) is 11.8 Å². The molecule has 0 saturated carbocycles. The molecule has 0 unspecified atom stereocenters. The largest absolute Gasteiger partial charge is 0.461 e. The van der Waals surface area contributed by atoms with Gasteiger partial charge in [-0.25, -0.2) is 4.79 Å². The Balaban J connectivity index is 2.82. The first-order valence-corrected chi connectivity index (χ1v) is 9.49. The highest BCUT2D eigenvalue weighted by Crippen LogP contribution is 2.30. The number of fused-ring (bicyclic) bond motifs is 1. The predicted molar refractivity (Wildman–Crippen MR) is 87.8 cm³/mol. The topological polar surface area (TPSA) is 53.2 Å². The third-order valence-electron chi connectivity index (χ3n) is 2.60. The summed E-state index contributed by atoms with van der Waals surface area (Å²) >= 11 is 5.44. The van der Waals surface area contributed by atoms with E-state index in [4.69, 9.17) is 4.74 Å². The number of aryl methyl sites for hydroxylation is 1. The average molecular weight is 457 g/mol. The number of ether oxygens (including phenoxy) is 1. The van der Waals surface area contributed by atoms with Crippen LogP contribution in [0, 0.1) is 0 Å². The van der Waals surface area contributed by atoms with Crippen LogP contribution in [0.25, 0.3) is 10.9 Å². The number of carbonyl (C=O) groups excluding carboxylic acids is 1. The maximum atomic E-state index is 12.2. The van der Waals surface area contributed by atoms with Crippen molar-refractivity contribution >= 4 is 63.1 Å². The van der Waals surface area contributed by atoms with Gasteiger partial charge in [-0.15, -0.1) is 0 Å². The smallest absolute Gasteiger partial charge is 0.355 e. The lowest BCUT2D eigenvalue weighted by molar-refractivity contribution is 0.0519. The number of pyridine rings is 1. The van der Waals surface area contributed by atoms with Crippen molar-refractivity contribution in [1.29, 1.82) is 0 Å². The van der Waals surface area contributed by atoms with Gasteiger partial charge in [0.2, 0.25) is 0 Å². The number of hydrogen-bond donors (Lipinski definition) is 0. The van der Waals surface area contributed by atoms with Crippen LogP contribution in [-0.4, -0.2) is 21.1 Å². The molecule has 2 rings (SSSR count). The van der Waals surface area contributed by atoms with Gasteiger partial charge in [-0.05, 0) is 28.9 Å². The van der Waals surface area contributed by atoms with Gasteiger partial charge in [0.15, 0.2) is 0 Å². The highest BCUT2D eigenvalue weighted by molar-refractivity contribution is 14.2. The summed E-state index contributed by atoms with van der Waals surface area (Å²) in [5.41, 5.74) is 0.678. The third-order valence-corrected chi connectivity index (χ3v) is 4.93. The Labute approximate surface area is 134 Å². The Morgan fingerprint density at radius 3 is 2.84 bits per heavy atom. The van der Waals surface area contributed by atoms with Crippen LogP contribution < -0.4 is 5.56 Å². The molecule has 19 heavy (non-hydrogen) atoms. The van der Waals surface area contributed by atoms with Crippen LogP contribution in [0.3, 0.4) is 0 Å². The SMILES string of the molecule is CCOC(=O)c1cc2c(Br)cn(C)c(=O)c2n1SI. The summed E-state index contributed by atoms with van der Waals surface area (Å²) in [6.45, 7) is 2.04. The van der Waals surface area contributed by atoms with E-state index >= 15 is 0 Å². The van der Waals surface area contributed by atoms with Crippen LogP contribution in [0.5, 0.6) is 0 Å². The molecule has 2 aromatic rings. The van der Waals surface area contributed by atoms with Gasteiger partial charge in [-0.2, -0.15) is 0 Å². The van der Waals surface area contributed by atoms with Crippen molar-refractivity contribution in [2.24, 2.45) is 7.05 Å². The first-order valence-electron chi connectivity index (χ1n) is 5.38. The molecule has 0 aromatic carbocycles. The number of hydrogen-bond acceptors (Lipinski definition) is 4. The Hall–Kier alpha value is -0.480. The summed E-state index contributed by atoms with van der Waals surface area (Å²) in [4.78, 5) is 24.1. The molecule has 0 radical (unpaired) electrons. The number of rotatable bonds is 3. The maximum Gasteiger partial charge on any atom is 0.355 e. The minimum Gasteiger partial charge on any atom is -0.461 e. The minimum atomic E-state index is -0.434. The molecular formula is C11H10BrIN2O3S. The van der Waals surface area contributed by atoms with Gasteiger partial charge in [0.05, 0.1) is 6.61 Å². The van der Waals surface area contributed by atoms with Crippen LogP contribution in [0.4, 0.5) is 0 Å². The van der Waals surface area contributed by atoms with Crippen LogP contribution in [0.15, 0.2) is 21.5 Å². The lowest BCUT2D eigenvalue weighted by atomic mass is 10.3. The van der Waals surface area contributed by atoms with E-state index in [0.717, 1.165) is 4.47 Å². The molecule has 0 atom stereocenters. The second-order valence-electron chi connectivity index (χ2n) is 3.77. The minimum absolute atomic E-state index is 0.155. The van der Waals surface area contributed by atoms with Gasteiger partial charge in [0.1, 0.15) is 11.2 Å². The highest BCUT2D eigenvalue weighted by Gasteiger charge is 2.21. The van der Waals surface area contributed by atoms with Crippen molar-refractivity contribution in [1.82, 2.24) is 8.54 Å². The predicted octanol–water partition coefficient (Wildman–Crippen LogP) is 3.13.